The number of aromatic hydroxyl groups is 1. The number of esters is 1. The molecular formula is C16H15ClO4. The van der Waals surface area contributed by atoms with Gasteiger partial charge in [0.2, 0.25) is 0 Å². The van der Waals surface area contributed by atoms with Crippen LogP contribution >= 0.6 is 11.6 Å². The van der Waals surface area contributed by atoms with Gasteiger partial charge in [-0.15, -0.1) is 0 Å². The number of hydrogen-bond donors (Lipinski definition) is 1. The molecular weight excluding hydrogens is 292 g/mol. The Hall–Kier alpha value is -2.20. The van der Waals surface area contributed by atoms with Crippen LogP contribution in [0.25, 0.3) is 0 Å². The molecule has 0 spiro atoms. The van der Waals surface area contributed by atoms with Crippen molar-refractivity contribution in [1.82, 2.24) is 0 Å². The minimum atomic E-state index is -0.613. The van der Waals surface area contributed by atoms with Crippen LogP contribution in [0.3, 0.4) is 0 Å². The van der Waals surface area contributed by atoms with Crippen molar-refractivity contribution in [1.29, 1.82) is 0 Å². The zero-order valence-corrected chi connectivity index (χ0v) is 12.2. The molecule has 1 atom stereocenters. The SMILES string of the molecule is COC(=O)C(COc1ccc(O)cc1)c1ccccc1Cl. The lowest BCUT2D eigenvalue weighted by molar-refractivity contribution is -0.143. The standard InChI is InChI=1S/C16H15ClO4/c1-20-16(19)14(13-4-2-3-5-15(13)17)10-21-12-8-6-11(18)7-9-12/h2-9,14,18H,10H2,1H3. The molecule has 0 aliphatic carbocycles. The monoisotopic (exact) mass is 306 g/mol. The molecule has 0 aromatic heterocycles. The number of halogens is 1. The van der Waals surface area contributed by atoms with Gasteiger partial charge in [0.15, 0.2) is 0 Å². The molecule has 2 rings (SSSR count). The van der Waals surface area contributed by atoms with Crippen LogP contribution < -0.4 is 4.74 Å². The van der Waals surface area contributed by atoms with Crippen LogP contribution in [-0.4, -0.2) is 24.8 Å². The average molecular weight is 307 g/mol. The van der Waals surface area contributed by atoms with E-state index >= 15 is 0 Å². The predicted octanol–water partition coefficient (Wildman–Crippen LogP) is 3.38. The summed E-state index contributed by atoms with van der Waals surface area (Å²) in [5.41, 5.74) is 0.657. The van der Waals surface area contributed by atoms with Crippen molar-refractivity contribution >= 4 is 17.6 Å². The Bertz CT molecular complexity index is 610. The molecule has 0 bridgehead atoms. The number of carbonyl (C=O) groups excluding carboxylic acids is 1. The summed E-state index contributed by atoms with van der Waals surface area (Å²) >= 11 is 6.13. The lowest BCUT2D eigenvalue weighted by Gasteiger charge is -2.17. The van der Waals surface area contributed by atoms with Gasteiger partial charge >= 0.3 is 5.97 Å². The Morgan fingerprint density at radius 1 is 1.19 bits per heavy atom. The van der Waals surface area contributed by atoms with Crippen LogP contribution in [0.2, 0.25) is 5.02 Å². The van der Waals surface area contributed by atoms with Gasteiger partial charge in [-0.3, -0.25) is 4.79 Å². The van der Waals surface area contributed by atoms with Gasteiger partial charge in [-0.1, -0.05) is 29.8 Å². The van der Waals surface area contributed by atoms with E-state index in [1.807, 2.05) is 0 Å². The molecule has 5 heteroatoms. The number of hydrogen-bond acceptors (Lipinski definition) is 4. The molecule has 21 heavy (non-hydrogen) atoms. The molecule has 0 aliphatic rings. The first-order valence-corrected chi connectivity index (χ1v) is 6.73. The second-order valence-corrected chi connectivity index (χ2v) is 4.81. The number of phenolic OH excluding ortho intramolecular Hbond substituents is 1. The van der Waals surface area contributed by atoms with Crippen molar-refractivity contribution < 1.29 is 19.4 Å². The topological polar surface area (TPSA) is 55.8 Å². The third-order valence-corrected chi connectivity index (χ3v) is 3.36. The Balaban J connectivity index is 2.16. The summed E-state index contributed by atoms with van der Waals surface area (Å²) in [7, 11) is 1.33. The molecule has 1 N–H and O–H groups in total. The van der Waals surface area contributed by atoms with Gasteiger partial charge in [0, 0.05) is 5.02 Å². The predicted molar refractivity (Wildman–Crippen MR) is 79.8 cm³/mol. The molecule has 0 fully saturated rings. The molecule has 0 amide bonds. The van der Waals surface area contributed by atoms with Gasteiger partial charge in [0.25, 0.3) is 0 Å². The molecule has 2 aromatic carbocycles. The van der Waals surface area contributed by atoms with Gasteiger partial charge in [-0.25, -0.2) is 0 Å². The minimum absolute atomic E-state index is 0.0984. The summed E-state index contributed by atoms with van der Waals surface area (Å²) in [5.74, 6) is -0.328. The van der Waals surface area contributed by atoms with Crippen molar-refractivity contribution in [3.05, 3.63) is 59.1 Å². The third kappa shape index (κ3) is 3.89. The highest BCUT2D eigenvalue weighted by molar-refractivity contribution is 6.31. The molecule has 0 saturated heterocycles. The third-order valence-electron chi connectivity index (χ3n) is 3.02. The van der Waals surface area contributed by atoms with Crippen molar-refractivity contribution in [2.75, 3.05) is 13.7 Å². The van der Waals surface area contributed by atoms with Gasteiger partial charge in [-0.05, 0) is 35.9 Å². The van der Waals surface area contributed by atoms with Crippen LogP contribution in [0.1, 0.15) is 11.5 Å². The van der Waals surface area contributed by atoms with E-state index in [0.29, 0.717) is 16.3 Å². The fourth-order valence-electron chi connectivity index (χ4n) is 1.91. The first-order chi connectivity index (χ1) is 10.1. The molecule has 0 aliphatic heterocycles. The minimum Gasteiger partial charge on any atom is -0.508 e. The Morgan fingerprint density at radius 2 is 1.86 bits per heavy atom. The summed E-state index contributed by atoms with van der Waals surface area (Å²) in [4.78, 5) is 11.9. The van der Waals surface area contributed by atoms with Crippen molar-refractivity contribution in [2.45, 2.75) is 5.92 Å². The Morgan fingerprint density at radius 3 is 2.48 bits per heavy atom. The summed E-state index contributed by atoms with van der Waals surface area (Å²) in [6.07, 6.45) is 0. The highest BCUT2D eigenvalue weighted by Crippen LogP contribution is 2.27. The number of phenols is 1. The van der Waals surface area contributed by atoms with E-state index in [-0.39, 0.29) is 12.4 Å². The van der Waals surface area contributed by atoms with Crippen LogP contribution in [0.5, 0.6) is 11.5 Å². The lowest BCUT2D eigenvalue weighted by atomic mass is 10.00. The molecule has 1 unspecified atom stereocenters. The number of rotatable bonds is 5. The maximum atomic E-state index is 11.9. The Labute approximate surface area is 127 Å². The van der Waals surface area contributed by atoms with E-state index < -0.39 is 11.9 Å². The van der Waals surface area contributed by atoms with Crippen LogP contribution in [-0.2, 0) is 9.53 Å². The molecule has 0 heterocycles. The number of ether oxygens (including phenoxy) is 2. The number of carbonyl (C=O) groups is 1. The van der Waals surface area contributed by atoms with Gasteiger partial charge in [0.1, 0.15) is 24.0 Å². The summed E-state index contributed by atoms with van der Waals surface area (Å²) in [6, 6.07) is 13.3. The molecule has 0 saturated carbocycles. The quantitative estimate of drug-likeness (QED) is 0.860. The zero-order chi connectivity index (χ0) is 15.2. The van der Waals surface area contributed by atoms with E-state index in [1.165, 1.54) is 19.2 Å². The van der Waals surface area contributed by atoms with E-state index in [1.54, 1.807) is 36.4 Å². The largest absolute Gasteiger partial charge is 0.508 e. The second-order valence-electron chi connectivity index (χ2n) is 4.40. The number of methoxy groups -OCH3 is 1. The van der Waals surface area contributed by atoms with Gasteiger partial charge in [0.05, 0.1) is 7.11 Å². The second kappa shape index (κ2) is 6.99. The van der Waals surface area contributed by atoms with Crippen molar-refractivity contribution in [3.8, 4) is 11.5 Å². The van der Waals surface area contributed by atoms with Gasteiger partial charge < -0.3 is 14.6 Å². The summed E-state index contributed by atoms with van der Waals surface area (Å²) < 4.78 is 10.4. The van der Waals surface area contributed by atoms with E-state index in [4.69, 9.17) is 21.1 Å². The fraction of sp³-hybridized carbons (Fsp3) is 0.188. The maximum Gasteiger partial charge on any atom is 0.316 e. The average Bonchev–Trinajstić information content (AvgIpc) is 2.50. The normalized spacial score (nSPS) is 11.7. The van der Waals surface area contributed by atoms with Crippen LogP contribution in [0.15, 0.2) is 48.5 Å². The first-order valence-electron chi connectivity index (χ1n) is 6.36. The molecule has 2 aromatic rings. The first kappa shape index (κ1) is 15.2. The van der Waals surface area contributed by atoms with Gasteiger partial charge in [-0.2, -0.15) is 0 Å². The van der Waals surface area contributed by atoms with Crippen molar-refractivity contribution in [2.24, 2.45) is 0 Å². The van der Waals surface area contributed by atoms with Crippen molar-refractivity contribution in [3.63, 3.8) is 0 Å². The zero-order valence-electron chi connectivity index (χ0n) is 11.5. The highest BCUT2D eigenvalue weighted by atomic mass is 35.5. The lowest BCUT2D eigenvalue weighted by Crippen LogP contribution is -2.21. The van der Waals surface area contributed by atoms with Crippen LogP contribution in [0, 0.1) is 0 Å². The number of benzene rings is 2. The van der Waals surface area contributed by atoms with E-state index in [9.17, 15) is 9.90 Å². The smallest absolute Gasteiger partial charge is 0.316 e. The fourth-order valence-corrected chi connectivity index (χ4v) is 2.17. The maximum absolute atomic E-state index is 11.9. The van der Waals surface area contributed by atoms with E-state index in [2.05, 4.69) is 0 Å². The molecule has 110 valence electrons. The molecule has 4 nitrogen and oxygen atoms in total. The Kier molecular flexibility index (Phi) is 5.06. The van der Waals surface area contributed by atoms with Crippen LogP contribution in [0.4, 0.5) is 0 Å². The molecule has 0 radical (unpaired) electrons. The summed E-state index contributed by atoms with van der Waals surface area (Å²) in [6.45, 7) is 0.0984. The summed E-state index contributed by atoms with van der Waals surface area (Å²) in [5, 5.41) is 9.72. The van der Waals surface area contributed by atoms with E-state index in [0.717, 1.165) is 0 Å². The highest BCUT2D eigenvalue weighted by Gasteiger charge is 2.24.